The minimum absolute atomic E-state index is 0.939. The van der Waals surface area contributed by atoms with Gasteiger partial charge in [-0.3, -0.25) is 0 Å². The summed E-state index contributed by atoms with van der Waals surface area (Å²) in [6.45, 7) is 0. The first kappa shape index (κ1) is 8.52. The Balaban J connectivity index is 2.48. The van der Waals surface area contributed by atoms with E-state index in [2.05, 4.69) is 40.2 Å². The predicted octanol–water partition coefficient (Wildman–Crippen LogP) is 3.72. The average Bonchev–Trinajstić information content (AvgIpc) is 2.19. The van der Waals surface area contributed by atoms with E-state index in [-0.39, 0.29) is 0 Å². The monoisotopic (exact) mass is 230 g/mol. The Bertz CT molecular complexity index is 393. The van der Waals surface area contributed by atoms with E-state index in [1.165, 1.54) is 5.56 Å². The Labute approximate surface area is 86.4 Å². The van der Waals surface area contributed by atoms with E-state index in [9.17, 15) is 0 Å². The average molecular weight is 231 g/mol. The summed E-state index contributed by atoms with van der Waals surface area (Å²) in [6, 6.07) is 20.2. The minimum atomic E-state index is 0.939. The molecule has 13 heavy (non-hydrogen) atoms. The lowest BCUT2D eigenvalue weighted by Gasteiger charge is -1.99. The molecule has 0 fully saturated rings. The molecule has 0 N–H and O–H groups in total. The van der Waals surface area contributed by atoms with Gasteiger partial charge in [-0.05, 0) is 29.3 Å². The molecular formula is C12H7Br. The number of hydrogen-bond donors (Lipinski definition) is 0. The van der Waals surface area contributed by atoms with Gasteiger partial charge >= 0.3 is 0 Å². The fourth-order valence-electron chi connectivity index (χ4n) is 1.17. The lowest BCUT2D eigenvalue weighted by atomic mass is 10.1. The van der Waals surface area contributed by atoms with Gasteiger partial charge in [0.1, 0.15) is 0 Å². The maximum Gasteiger partial charge on any atom is 0.0266 e. The molecule has 62 valence electrons. The minimum Gasteiger partial charge on any atom is -0.0622 e. The van der Waals surface area contributed by atoms with Crippen LogP contribution in [0.15, 0.2) is 46.9 Å². The second kappa shape index (κ2) is 3.75. The van der Waals surface area contributed by atoms with Gasteiger partial charge in [0.2, 0.25) is 0 Å². The molecule has 0 aliphatic carbocycles. The first-order valence-corrected chi connectivity index (χ1v) is 4.80. The van der Waals surface area contributed by atoms with E-state index in [0.717, 1.165) is 10.0 Å². The molecular weight excluding hydrogens is 224 g/mol. The Morgan fingerprint density at radius 2 is 1.77 bits per heavy atom. The highest BCUT2D eigenvalue weighted by Crippen LogP contribution is 2.21. The highest BCUT2D eigenvalue weighted by molar-refractivity contribution is 9.10. The first-order chi connectivity index (χ1) is 6.36. The van der Waals surface area contributed by atoms with Crippen LogP contribution in [-0.2, 0) is 0 Å². The molecule has 0 aromatic heterocycles. The normalized spacial score (nSPS) is 9.92. The van der Waals surface area contributed by atoms with Crippen LogP contribution in [0.4, 0.5) is 0 Å². The van der Waals surface area contributed by atoms with E-state index in [1.807, 2.05) is 30.3 Å². The van der Waals surface area contributed by atoms with Crippen molar-refractivity contribution in [2.24, 2.45) is 0 Å². The summed E-state index contributed by atoms with van der Waals surface area (Å²) in [7, 11) is 0. The summed E-state index contributed by atoms with van der Waals surface area (Å²) in [5.41, 5.74) is 2.23. The Morgan fingerprint density at radius 3 is 2.46 bits per heavy atom. The molecule has 0 saturated carbocycles. The molecule has 0 nitrogen and oxygen atoms in total. The molecule has 2 radical (unpaired) electrons. The van der Waals surface area contributed by atoms with Crippen molar-refractivity contribution < 1.29 is 0 Å². The van der Waals surface area contributed by atoms with E-state index >= 15 is 0 Å². The molecule has 0 atom stereocenters. The number of rotatable bonds is 1. The topological polar surface area (TPSA) is 0 Å². The summed E-state index contributed by atoms with van der Waals surface area (Å²) >= 11 is 3.37. The van der Waals surface area contributed by atoms with Crippen LogP contribution in [0.5, 0.6) is 0 Å². The second-order valence-corrected chi connectivity index (χ2v) is 3.56. The van der Waals surface area contributed by atoms with Gasteiger partial charge < -0.3 is 0 Å². The van der Waals surface area contributed by atoms with E-state index in [4.69, 9.17) is 0 Å². The lowest BCUT2D eigenvalue weighted by Crippen LogP contribution is -1.76. The van der Waals surface area contributed by atoms with Crippen LogP contribution < -0.4 is 0 Å². The van der Waals surface area contributed by atoms with Gasteiger partial charge in [-0.25, -0.2) is 0 Å². The van der Waals surface area contributed by atoms with Crippen molar-refractivity contribution in [2.45, 2.75) is 0 Å². The SMILES string of the molecule is Brc1[c]c(-c2ccccc2)c[c]c1. The molecule has 0 aliphatic heterocycles. The van der Waals surface area contributed by atoms with Gasteiger partial charge in [0.15, 0.2) is 0 Å². The summed E-state index contributed by atoms with van der Waals surface area (Å²) in [6.07, 6.45) is 0. The van der Waals surface area contributed by atoms with E-state index in [0.29, 0.717) is 0 Å². The van der Waals surface area contributed by atoms with Crippen molar-refractivity contribution in [1.29, 1.82) is 0 Å². The van der Waals surface area contributed by atoms with Crippen LogP contribution in [0, 0.1) is 12.1 Å². The third kappa shape index (κ3) is 1.99. The number of halogens is 1. The summed E-state index contributed by atoms with van der Waals surface area (Å²) in [5.74, 6) is 0. The van der Waals surface area contributed by atoms with Crippen molar-refractivity contribution >= 4 is 15.9 Å². The second-order valence-electron chi connectivity index (χ2n) is 2.71. The summed E-state index contributed by atoms with van der Waals surface area (Å²) < 4.78 is 0.939. The van der Waals surface area contributed by atoms with Gasteiger partial charge in [0.25, 0.3) is 0 Å². The highest BCUT2D eigenvalue weighted by Gasteiger charge is 1.96. The zero-order valence-electron chi connectivity index (χ0n) is 6.92. The van der Waals surface area contributed by atoms with Crippen molar-refractivity contribution in [3.63, 3.8) is 0 Å². The van der Waals surface area contributed by atoms with E-state index in [1.54, 1.807) is 0 Å². The van der Waals surface area contributed by atoms with Gasteiger partial charge in [-0.2, -0.15) is 0 Å². The molecule has 2 aromatic rings. The van der Waals surface area contributed by atoms with Crippen molar-refractivity contribution in [1.82, 2.24) is 0 Å². The molecule has 0 bridgehead atoms. The molecule has 2 aromatic carbocycles. The van der Waals surface area contributed by atoms with Crippen LogP contribution in [0.2, 0.25) is 0 Å². The zero-order valence-corrected chi connectivity index (χ0v) is 8.51. The van der Waals surface area contributed by atoms with Gasteiger partial charge in [0, 0.05) is 10.5 Å². The maximum absolute atomic E-state index is 3.37. The molecule has 1 heteroatoms. The Kier molecular flexibility index (Phi) is 2.46. The molecule has 0 amide bonds. The summed E-state index contributed by atoms with van der Waals surface area (Å²) in [4.78, 5) is 0. The highest BCUT2D eigenvalue weighted by atomic mass is 79.9. The third-order valence-corrected chi connectivity index (χ3v) is 2.20. The largest absolute Gasteiger partial charge is 0.0622 e. The van der Waals surface area contributed by atoms with Crippen molar-refractivity contribution in [3.8, 4) is 11.1 Å². The molecule has 0 heterocycles. The van der Waals surface area contributed by atoms with Crippen LogP contribution in [0.3, 0.4) is 0 Å². The van der Waals surface area contributed by atoms with Crippen LogP contribution in [0.1, 0.15) is 0 Å². The van der Waals surface area contributed by atoms with Crippen molar-refractivity contribution in [2.75, 3.05) is 0 Å². The third-order valence-electron chi connectivity index (χ3n) is 1.78. The summed E-state index contributed by atoms with van der Waals surface area (Å²) in [5, 5.41) is 0. The Hall–Kier alpha value is -1.08. The Morgan fingerprint density at radius 1 is 1.00 bits per heavy atom. The molecule has 0 spiro atoms. The van der Waals surface area contributed by atoms with Crippen LogP contribution in [0.25, 0.3) is 11.1 Å². The van der Waals surface area contributed by atoms with Crippen molar-refractivity contribution in [3.05, 3.63) is 59.1 Å². The fourth-order valence-corrected chi connectivity index (χ4v) is 1.52. The smallest absolute Gasteiger partial charge is 0.0266 e. The molecule has 0 aliphatic rings. The molecule has 0 saturated heterocycles. The van der Waals surface area contributed by atoms with Gasteiger partial charge in [-0.15, -0.1) is 0 Å². The number of benzene rings is 2. The quantitative estimate of drug-likeness (QED) is 0.701. The van der Waals surface area contributed by atoms with E-state index < -0.39 is 0 Å². The standard InChI is InChI=1S/C12H7Br/c13-12-8-4-7-11(9-12)10-5-2-1-3-6-10/h1-3,5-8H. The lowest BCUT2D eigenvalue weighted by molar-refractivity contribution is 1.57. The maximum atomic E-state index is 3.37. The molecule has 2 rings (SSSR count). The fraction of sp³-hybridized carbons (Fsp3) is 0. The van der Waals surface area contributed by atoms with Crippen LogP contribution in [-0.4, -0.2) is 0 Å². The number of hydrogen-bond acceptors (Lipinski definition) is 0. The molecule has 0 unspecified atom stereocenters. The van der Waals surface area contributed by atoms with Gasteiger partial charge in [0.05, 0.1) is 0 Å². The van der Waals surface area contributed by atoms with Gasteiger partial charge in [-0.1, -0.05) is 46.3 Å². The predicted molar refractivity (Wildman–Crippen MR) is 57.3 cm³/mol. The van der Waals surface area contributed by atoms with Crippen LogP contribution >= 0.6 is 15.9 Å². The zero-order chi connectivity index (χ0) is 9.10. The first-order valence-electron chi connectivity index (χ1n) is 4.00.